The molecule has 0 spiro atoms. The minimum atomic E-state index is 0.692. The van der Waals surface area contributed by atoms with Gasteiger partial charge in [0.2, 0.25) is 0 Å². The molecule has 2 aromatic rings. The van der Waals surface area contributed by atoms with Crippen LogP contribution >= 0.6 is 15.9 Å². The second-order valence-electron chi connectivity index (χ2n) is 4.25. The van der Waals surface area contributed by atoms with Crippen molar-refractivity contribution in [3.8, 4) is 5.75 Å². The molecular weight excluding hydrogens is 296 g/mol. The van der Waals surface area contributed by atoms with Crippen molar-refractivity contribution >= 4 is 15.9 Å². The lowest BCUT2D eigenvalue weighted by atomic mass is 10.1. The Morgan fingerprint density at radius 1 is 1.33 bits per heavy atom. The van der Waals surface area contributed by atoms with Crippen molar-refractivity contribution < 1.29 is 9.26 Å². The van der Waals surface area contributed by atoms with Gasteiger partial charge in [-0.1, -0.05) is 21.1 Å². The SMILES string of the molecule is Brc1cc2c(c(CNCc3ccon3)c1)OCC2. The van der Waals surface area contributed by atoms with Crippen LogP contribution in [0.5, 0.6) is 5.75 Å². The molecule has 94 valence electrons. The van der Waals surface area contributed by atoms with Crippen LogP contribution in [0.4, 0.5) is 0 Å². The number of rotatable bonds is 4. The molecule has 0 aliphatic carbocycles. The van der Waals surface area contributed by atoms with E-state index in [4.69, 9.17) is 9.26 Å². The van der Waals surface area contributed by atoms with Crippen molar-refractivity contribution in [3.63, 3.8) is 0 Å². The van der Waals surface area contributed by atoms with Gasteiger partial charge in [0.15, 0.2) is 0 Å². The monoisotopic (exact) mass is 308 g/mol. The highest BCUT2D eigenvalue weighted by Crippen LogP contribution is 2.32. The maximum absolute atomic E-state index is 5.68. The van der Waals surface area contributed by atoms with Crippen molar-refractivity contribution in [2.45, 2.75) is 19.5 Å². The standard InChI is InChI=1S/C13H13BrN2O2/c14-11-5-9-1-3-17-13(9)10(6-11)7-15-8-12-2-4-18-16-12/h2,4-6,15H,1,3,7-8H2. The summed E-state index contributed by atoms with van der Waals surface area (Å²) in [5, 5.41) is 7.20. The molecular formula is C13H13BrN2O2. The molecule has 4 nitrogen and oxygen atoms in total. The minimum Gasteiger partial charge on any atom is -0.493 e. The fraction of sp³-hybridized carbons (Fsp3) is 0.308. The molecule has 0 atom stereocenters. The van der Waals surface area contributed by atoms with Crippen LogP contribution in [-0.4, -0.2) is 11.8 Å². The van der Waals surface area contributed by atoms with Crippen LogP contribution in [0.1, 0.15) is 16.8 Å². The highest BCUT2D eigenvalue weighted by atomic mass is 79.9. The van der Waals surface area contributed by atoms with Gasteiger partial charge in [-0.25, -0.2) is 0 Å². The quantitative estimate of drug-likeness (QED) is 0.943. The topological polar surface area (TPSA) is 47.3 Å². The van der Waals surface area contributed by atoms with Gasteiger partial charge in [-0.2, -0.15) is 0 Å². The molecule has 18 heavy (non-hydrogen) atoms. The zero-order chi connectivity index (χ0) is 12.4. The van der Waals surface area contributed by atoms with E-state index in [1.54, 1.807) is 6.26 Å². The molecule has 0 unspecified atom stereocenters. The molecule has 1 aliphatic rings. The summed E-state index contributed by atoms with van der Waals surface area (Å²) in [7, 11) is 0. The summed E-state index contributed by atoms with van der Waals surface area (Å²) in [5.41, 5.74) is 3.37. The first-order valence-electron chi connectivity index (χ1n) is 5.87. The Hall–Kier alpha value is -1.33. The zero-order valence-corrected chi connectivity index (χ0v) is 11.4. The van der Waals surface area contributed by atoms with Gasteiger partial charge in [0, 0.05) is 35.6 Å². The zero-order valence-electron chi connectivity index (χ0n) is 9.78. The molecule has 0 bridgehead atoms. The maximum Gasteiger partial charge on any atom is 0.127 e. The Morgan fingerprint density at radius 2 is 2.28 bits per heavy atom. The molecule has 0 amide bonds. The molecule has 2 heterocycles. The summed E-state index contributed by atoms with van der Waals surface area (Å²) in [6, 6.07) is 6.08. The van der Waals surface area contributed by atoms with Crippen LogP contribution in [-0.2, 0) is 19.5 Å². The van der Waals surface area contributed by atoms with Crippen LogP contribution in [0.15, 0.2) is 33.5 Å². The molecule has 1 aromatic carbocycles. The van der Waals surface area contributed by atoms with Crippen LogP contribution in [0.3, 0.4) is 0 Å². The van der Waals surface area contributed by atoms with E-state index in [9.17, 15) is 0 Å². The molecule has 3 rings (SSSR count). The number of nitrogens with zero attached hydrogens (tertiary/aromatic N) is 1. The lowest BCUT2D eigenvalue weighted by Crippen LogP contribution is -2.13. The molecule has 0 saturated heterocycles. The molecule has 5 heteroatoms. The van der Waals surface area contributed by atoms with Crippen molar-refractivity contribution in [1.82, 2.24) is 10.5 Å². The molecule has 1 N–H and O–H groups in total. The third-order valence-corrected chi connectivity index (χ3v) is 3.40. The molecule has 0 radical (unpaired) electrons. The van der Waals surface area contributed by atoms with Crippen LogP contribution < -0.4 is 10.1 Å². The Labute approximate surface area is 113 Å². The third kappa shape index (κ3) is 2.42. The van der Waals surface area contributed by atoms with E-state index in [0.717, 1.165) is 35.5 Å². The highest BCUT2D eigenvalue weighted by molar-refractivity contribution is 9.10. The van der Waals surface area contributed by atoms with Gasteiger partial charge in [0.25, 0.3) is 0 Å². The number of aromatic nitrogens is 1. The number of hydrogen-bond donors (Lipinski definition) is 1. The lowest BCUT2D eigenvalue weighted by Gasteiger charge is -2.09. The van der Waals surface area contributed by atoms with E-state index in [-0.39, 0.29) is 0 Å². The second kappa shape index (κ2) is 5.12. The third-order valence-electron chi connectivity index (χ3n) is 2.94. The number of hydrogen-bond acceptors (Lipinski definition) is 4. The van der Waals surface area contributed by atoms with Gasteiger partial charge < -0.3 is 14.6 Å². The Morgan fingerprint density at radius 3 is 3.11 bits per heavy atom. The predicted molar refractivity (Wildman–Crippen MR) is 70.4 cm³/mol. The lowest BCUT2D eigenvalue weighted by molar-refractivity contribution is 0.352. The number of fused-ring (bicyclic) bond motifs is 1. The summed E-state index contributed by atoms with van der Waals surface area (Å²) >= 11 is 3.54. The van der Waals surface area contributed by atoms with Gasteiger partial charge >= 0.3 is 0 Å². The average Bonchev–Trinajstić information content (AvgIpc) is 2.98. The highest BCUT2D eigenvalue weighted by Gasteiger charge is 2.17. The van der Waals surface area contributed by atoms with Crippen LogP contribution in [0.25, 0.3) is 0 Å². The Kier molecular flexibility index (Phi) is 3.34. The average molecular weight is 309 g/mol. The normalized spacial score (nSPS) is 13.4. The van der Waals surface area contributed by atoms with E-state index in [1.807, 2.05) is 6.07 Å². The van der Waals surface area contributed by atoms with Gasteiger partial charge in [-0.05, 0) is 17.7 Å². The summed E-state index contributed by atoms with van der Waals surface area (Å²) in [5.74, 6) is 1.03. The van der Waals surface area contributed by atoms with Crippen molar-refractivity contribution in [3.05, 3.63) is 45.8 Å². The fourth-order valence-electron chi connectivity index (χ4n) is 2.13. The largest absolute Gasteiger partial charge is 0.493 e. The summed E-state index contributed by atoms with van der Waals surface area (Å²) in [4.78, 5) is 0. The van der Waals surface area contributed by atoms with E-state index < -0.39 is 0 Å². The van der Waals surface area contributed by atoms with Gasteiger partial charge in [-0.3, -0.25) is 0 Å². The van der Waals surface area contributed by atoms with Gasteiger partial charge in [-0.15, -0.1) is 0 Å². The van der Waals surface area contributed by atoms with E-state index in [2.05, 4.69) is 38.5 Å². The van der Waals surface area contributed by atoms with Crippen molar-refractivity contribution in [1.29, 1.82) is 0 Å². The van der Waals surface area contributed by atoms with Gasteiger partial charge in [0.05, 0.1) is 12.3 Å². The Balaban J connectivity index is 1.69. The molecule has 0 fully saturated rings. The van der Waals surface area contributed by atoms with E-state index in [0.29, 0.717) is 6.54 Å². The summed E-state index contributed by atoms with van der Waals surface area (Å²) < 4.78 is 11.6. The van der Waals surface area contributed by atoms with Crippen LogP contribution in [0.2, 0.25) is 0 Å². The molecule has 0 saturated carbocycles. The molecule has 1 aromatic heterocycles. The smallest absolute Gasteiger partial charge is 0.127 e. The van der Waals surface area contributed by atoms with Gasteiger partial charge in [0.1, 0.15) is 12.0 Å². The number of halogens is 1. The summed E-state index contributed by atoms with van der Waals surface area (Å²) in [6.07, 6.45) is 2.57. The van der Waals surface area contributed by atoms with Crippen LogP contribution in [0, 0.1) is 0 Å². The first-order chi connectivity index (χ1) is 8.83. The molecule has 1 aliphatic heterocycles. The first-order valence-corrected chi connectivity index (χ1v) is 6.66. The predicted octanol–water partition coefficient (Wildman–Crippen LogP) is 2.66. The Bertz CT molecular complexity index is 540. The van der Waals surface area contributed by atoms with E-state index in [1.165, 1.54) is 11.1 Å². The number of ether oxygens (including phenoxy) is 1. The second-order valence-corrected chi connectivity index (χ2v) is 5.16. The van der Waals surface area contributed by atoms with Crippen molar-refractivity contribution in [2.24, 2.45) is 0 Å². The van der Waals surface area contributed by atoms with Crippen molar-refractivity contribution in [2.75, 3.05) is 6.61 Å². The number of benzene rings is 1. The first kappa shape index (κ1) is 11.7. The maximum atomic E-state index is 5.68. The summed E-state index contributed by atoms with van der Waals surface area (Å²) in [6.45, 7) is 2.23. The van der Waals surface area contributed by atoms with E-state index >= 15 is 0 Å². The number of nitrogens with one attached hydrogen (secondary N) is 1. The fourth-order valence-corrected chi connectivity index (χ4v) is 2.68. The minimum absolute atomic E-state index is 0.692.